The van der Waals surface area contributed by atoms with Crippen LogP contribution in [-0.2, 0) is 4.79 Å². The minimum atomic E-state index is -0.0834. The Kier molecular flexibility index (Phi) is 4.61. The van der Waals surface area contributed by atoms with Gasteiger partial charge in [0.2, 0.25) is 5.91 Å². The van der Waals surface area contributed by atoms with Gasteiger partial charge in [0.25, 0.3) is 0 Å². The molecule has 0 radical (unpaired) electrons. The molecule has 0 aromatic carbocycles. The van der Waals surface area contributed by atoms with Gasteiger partial charge in [-0.1, -0.05) is 0 Å². The number of rotatable bonds is 3. The maximum absolute atomic E-state index is 12.4. The van der Waals surface area contributed by atoms with Crippen molar-refractivity contribution in [1.82, 2.24) is 20.1 Å². The monoisotopic (exact) mass is 322 g/mol. The zero-order valence-corrected chi connectivity index (χ0v) is 13.6. The highest BCUT2D eigenvalue weighted by Crippen LogP contribution is 2.31. The Morgan fingerprint density at radius 2 is 2.00 bits per heavy atom. The molecule has 1 aliphatic carbocycles. The lowest BCUT2D eigenvalue weighted by Gasteiger charge is -2.23. The second-order valence-electron chi connectivity index (χ2n) is 5.98. The molecular weight excluding hydrogens is 300 g/mol. The van der Waals surface area contributed by atoms with Crippen LogP contribution >= 0.6 is 11.3 Å². The van der Waals surface area contributed by atoms with Crippen LogP contribution < -0.4 is 5.32 Å². The molecule has 2 aliphatic rings. The third kappa shape index (κ3) is 3.58. The molecule has 0 spiro atoms. The van der Waals surface area contributed by atoms with Crippen LogP contribution in [0.25, 0.3) is 0 Å². The summed E-state index contributed by atoms with van der Waals surface area (Å²) in [5.41, 5.74) is 0. The molecule has 3 rings (SSSR count). The van der Waals surface area contributed by atoms with E-state index in [9.17, 15) is 9.59 Å². The molecule has 1 aromatic rings. The quantitative estimate of drug-likeness (QED) is 0.924. The van der Waals surface area contributed by atoms with Crippen LogP contribution in [0.15, 0.2) is 11.6 Å². The molecule has 22 heavy (non-hydrogen) atoms. The Morgan fingerprint density at radius 3 is 2.68 bits per heavy atom. The SMILES string of the molecule is C[C@H](NC(=O)N1CCCN(C(=O)C2CC2)CC1)c1nccs1. The Hall–Kier alpha value is -1.63. The van der Waals surface area contributed by atoms with Gasteiger partial charge in [-0.3, -0.25) is 4.79 Å². The van der Waals surface area contributed by atoms with Crippen molar-refractivity contribution in [3.8, 4) is 0 Å². The fourth-order valence-electron chi connectivity index (χ4n) is 2.72. The molecule has 1 saturated carbocycles. The number of hydrogen-bond donors (Lipinski definition) is 1. The van der Waals surface area contributed by atoms with Crippen molar-refractivity contribution in [2.24, 2.45) is 5.92 Å². The summed E-state index contributed by atoms with van der Waals surface area (Å²) in [6.45, 7) is 4.66. The molecule has 120 valence electrons. The summed E-state index contributed by atoms with van der Waals surface area (Å²) >= 11 is 1.54. The van der Waals surface area contributed by atoms with Crippen molar-refractivity contribution in [3.63, 3.8) is 0 Å². The molecule has 1 aromatic heterocycles. The van der Waals surface area contributed by atoms with E-state index in [1.165, 1.54) is 0 Å². The number of urea groups is 1. The van der Waals surface area contributed by atoms with E-state index in [1.807, 2.05) is 22.1 Å². The highest BCUT2D eigenvalue weighted by atomic mass is 32.1. The maximum Gasteiger partial charge on any atom is 0.318 e. The lowest BCUT2D eigenvalue weighted by molar-refractivity contribution is -0.132. The van der Waals surface area contributed by atoms with Crippen LogP contribution in [0.3, 0.4) is 0 Å². The van der Waals surface area contributed by atoms with Gasteiger partial charge in [-0.05, 0) is 26.2 Å². The van der Waals surface area contributed by atoms with E-state index in [0.29, 0.717) is 19.6 Å². The fraction of sp³-hybridized carbons (Fsp3) is 0.667. The van der Waals surface area contributed by atoms with Crippen molar-refractivity contribution in [2.45, 2.75) is 32.2 Å². The van der Waals surface area contributed by atoms with E-state index in [0.717, 1.165) is 30.8 Å². The van der Waals surface area contributed by atoms with Gasteiger partial charge in [0.15, 0.2) is 0 Å². The number of thiazole rings is 1. The van der Waals surface area contributed by atoms with Gasteiger partial charge in [-0.2, -0.15) is 0 Å². The predicted octanol–water partition coefficient (Wildman–Crippen LogP) is 1.86. The van der Waals surface area contributed by atoms with Crippen molar-refractivity contribution in [2.75, 3.05) is 26.2 Å². The van der Waals surface area contributed by atoms with Gasteiger partial charge < -0.3 is 15.1 Å². The van der Waals surface area contributed by atoms with Crippen LogP contribution in [0.4, 0.5) is 4.79 Å². The molecule has 7 heteroatoms. The van der Waals surface area contributed by atoms with Gasteiger partial charge in [0.1, 0.15) is 5.01 Å². The van der Waals surface area contributed by atoms with Crippen LogP contribution in [-0.4, -0.2) is 52.9 Å². The van der Waals surface area contributed by atoms with E-state index in [2.05, 4.69) is 10.3 Å². The van der Waals surface area contributed by atoms with Crippen molar-refractivity contribution in [1.29, 1.82) is 0 Å². The lowest BCUT2D eigenvalue weighted by atomic mass is 10.3. The fourth-order valence-corrected chi connectivity index (χ4v) is 3.36. The number of carbonyl (C=O) groups excluding carboxylic acids is 2. The molecule has 1 saturated heterocycles. The third-order valence-corrected chi connectivity index (χ3v) is 5.14. The van der Waals surface area contributed by atoms with E-state index < -0.39 is 0 Å². The van der Waals surface area contributed by atoms with Crippen molar-refractivity contribution in [3.05, 3.63) is 16.6 Å². The number of hydrogen-bond acceptors (Lipinski definition) is 4. The zero-order valence-electron chi connectivity index (χ0n) is 12.8. The summed E-state index contributed by atoms with van der Waals surface area (Å²) in [7, 11) is 0. The standard InChI is InChI=1S/C15H22N4O2S/c1-11(13-16-5-10-22-13)17-15(21)19-7-2-6-18(8-9-19)14(20)12-3-4-12/h5,10-12H,2-4,6-9H2,1H3,(H,17,21)/t11-/m0/s1. The van der Waals surface area contributed by atoms with Crippen LogP contribution in [0, 0.1) is 5.92 Å². The second-order valence-corrected chi connectivity index (χ2v) is 6.91. The predicted molar refractivity (Wildman–Crippen MR) is 84.6 cm³/mol. The number of carbonyl (C=O) groups is 2. The zero-order chi connectivity index (χ0) is 15.5. The van der Waals surface area contributed by atoms with Gasteiger partial charge in [0.05, 0.1) is 6.04 Å². The molecule has 2 fully saturated rings. The molecular formula is C15H22N4O2S. The smallest absolute Gasteiger partial charge is 0.318 e. The molecule has 3 amide bonds. The Labute approximate surface area is 134 Å². The van der Waals surface area contributed by atoms with E-state index >= 15 is 0 Å². The lowest BCUT2D eigenvalue weighted by Crippen LogP contribution is -2.43. The van der Waals surface area contributed by atoms with E-state index in [-0.39, 0.29) is 23.9 Å². The molecule has 0 unspecified atom stereocenters. The van der Waals surface area contributed by atoms with E-state index in [1.54, 1.807) is 17.5 Å². The Morgan fingerprint density at radius 1 is 1.27 bits per heavy atom. The van der Waals surface area contributed by atoms with Gasteiger partial charge in [0, 0.05) is 43.7 Å². The summed E-state index contributed by atoms with van der Waals surface area (Å²) in [6, 6.07) is -0.150. The average molecular weight is 322 g/mol. The molecule has 6 nitrogen and oxygen atoms in total. The minimum Gasteiger partial charge on any atom is -0.341 e. The first-order chi connectivity index (χ1) is 10.6. The highest BCUT2D eigenvalue weighted by Gasteiger charge is 2.34. The summed E-state index contributed by atoms with van der Waals surface area (Å²) < 4.78 is 0. The van der Waals surface area contributed by atoms with Crippen molar-refractivity contribution >= 4 is 23.3 Å². The topological polar surface area (TPSA) is 65.5 Å². The van der Waals surface area contributed by atoms with Crippen LogP contribution in [0.1, 0.15) is 37.2 Å². The molecule has 1 aliphatic heterocycles. The van der Waals surface area contributed by atoms with Gasteiger partial charge >= 0.3 is 6.03 Å². The first-order valence-electron chi connectivity index (χ1n) is 7.89. The van der Waals surface area contributed by atoms with Crippen LogP contribution in [0.2, 0.25) is 0 Å². The van der Waals surface area contributed by atoms with E-state index in [4.69, 9.17) is 0 Å². The highest BCUT2D eigenvalue weighted by molar-refractivity contribution is 7.09. The molecule has 1 atom stereocenters. The minimum absolute atomic E-state index is 0.0663. The average Bonchev–Trinajstić information content (AvgIpc) is 3.27. The number of nitrogens with one attached hydrogen (secondary N) is 1. The first kappa shape index (κ1) is 15.3. The van der Waals surface area contributed by atoms with Crippen LogP contribution in [0.5, 0.6) is 0 Å². The van der Waals surface area contributed by atoms with Crippen molar-refractivity contribution < 1.29 is 9.59 Å². The summed E-state index contributed by atoms with van der Waals surface area (Å²) in [4.78, 5) is 32.5. The summed E-state index contributed by atoms with van der Waals surface area (Å²) in [5, 5.41) is 5.81. The molecule has 0 bridgehead atoms. The Bertz CT molecular complexity index is 530. The summed E-state index contributed by atoms with van der Waals surface area (Å²) in [6.07, 6.45) is 4.66. The Balaban J connectivity index is 1.51. The second kappa shape index (κ2) is 6.64. The molecule has 2 heterocycles. The molecule has 1 N–H and O–H groups in total. The number of nitrogens with zero attached hydrogens (tertiary/aromatic N) is 3. The first-order valence-corrected chi connectivity index (χ1v) is 8.76. The third-order valence-electron chi connectivity index (χ3n) is 4.18. The summed E-state index contributed by atoms with van der Waals surface area (Å²) in [5.74, 6) is 0.531. The van der Waals surface area contributed by atoms with Gasteiger partial charge in [-0.15, -0.1) is 11.3 Å². The number of amides is 3. The normalized spacial score (nSPS) is 20.4. The largest absolute Gasteiger partial charge is 0.341 e. The van der Waals surface area contributed by atoms with Gasteiger partial charge in [-0.25, -0.2) is 9.78 Å². The maximum atomic E-state index is 12.4. The number of aromatic nitrogens is 1.